The predicted octanol–water partition coefficient (Wildman–Crippen LogP) is 13.2. The summed E-state index contributed by atoms with van der Waals surface area (Å²) in [5, 5.41) is 9.34. The molecule has 4 heteroatoms. The summed E-state index contributed by atoms with van der Waals surface area (Å²) < 4.78 is 2.22. The number of aromatic nitrogens is 3. The Morgan fingerprint density at radius 1 is 0.412 bits per heavy atom. The highest BCUT2D eigenvalue weighted by Gasteiger charge is 2.19. The fourth-order valence-corrected chi connectivity index (χ4v) is 10.3. The van der Waals surface area contributed by atoms with Gasteiger partial charge >= 0.3 is 0 Å². The van der Waals surface area contributed by atoms with E-state index in [4.69, 9.17) is 9.97 Å². The maximum atomic E-state index is 5.20. The van der Waals surface area contributed by atoms with E-state index in [1.165, 1.54) is 53.8 Å². The van der Waals surface area contributed by atoms with Crippen LogP contribution < -0.4 is 0 Å². The van der Waals surface area contributed by atoms with Gasteiger partial charge in [-0.25, -0.2) is 9.97 Å². The first kappa shape index (κ1) is 29.6. The molecule has 0 spiro atoms. The minimum atomic E-state index is -0.600. The van der Waals surface area contributed by atoms with Crippen LogP contribution in [-0.2, 0) is 0 Å². The number of aryl methyl sites for hydroxylation is 1. The topological polar surface area (TPSA) is 30.7 Å². The van der Waals surface area contributed by atoms with E-state index in [-0.39, 0.29) is 0 Å². The molecule has 3 nitrogen and oxygen atoms in total. The first-order valence-corrected chi connectivity index (χ1v) is 18.7. The monoisotopic (exact) mass is 669 g/mol. The largest absolute Gasteiger partial charge is 0.278 e. The maximum absolute atomic E-state index is 5.20. The highest BCUT2D eigenvalue weighted by atomic mass is 31.1. The summed E-state index contributed by atoms with van der Waals surface area (Å²) >= 11 is 0. The fraction of sp³-hybridized carbons (Fsp3) is 0.0213. The zero-order valence-corrected chi connectivity index (χ0v) is 28.9. The minimum Gasteiger partial charge on any atom is -0.278 e. The molecule has 1 unspecified atom stereocenters. The summed E-state index contributed by atoms with van der Waals surface area (Å²) in [6.07, 6.45) is 0. The molecule has 0 bridgehead atoms. The van der Waals surface area contributed by atoms with Gasteiger partial charge in [0.1, 0.15) is 0 Å². The minimum absolute atomic E-state index is 0.600. The molecule has 1 atom stereocenters. The molecule has 3 heterocycles. The average Bonchev–Trinajstić information content (AvgIpc) is 3.71. The summed E-state index contributed by atoms with van der Waals surface area (Å²) in [6.45, 7) is 2.19. The SMILES string of the molecule is Cc1cccc(-p2c3ccccc3c3cc(-c4ccc5c(c4)c4ccccc4n5-c4nc(-c5ccccc5)cc(-c5ccccc5)n4)ccc32)c1. The third-order valence-corrected chi connectivity index (χ3v) is 12.5. The summed E-state index contributed by atoms with van der Waals surface area (Å²) in [4.78, 5) is 10.4. The number of benzene rings is 7. The van der Waals surface area contributed by atoms with Gasteiger partial charge in [-0.15, -0.1) is 0 Å². The third kappa shape index (κ3) is 4.97. The molecule has 0 fully saturated rings. The summed E-state index contributed by atoms with van der Waals surface area (Å²) in [7, 11) is -0.600. The Kier molecular flexibility index (Phi) is 6.94. The van der Waals surface area contributed by atoms with Gasteiger partial charge in [0.05, 0.1) is 22.4 Å². The van der Waals surface area contributed by atoms with E-state index in [1.807, 2.05) is 12.1 Å². The van der Waals surface area contributed by atoms with Crippen LogP contribution in [0, 0.1) is 6.92 Å². The number of hydrogen-bond donors (Lipinski definition) is 0. The normalized spacial score (nSPS) is 12.0. The quantitative estimate of drug-likeness (QED) is 0.183. The molecular weight excluding hydrogens is 638 g/mol. The predicted molar refractivity (Wildman–Crippen MR) is 216 cm³/mol. The van der Waals surface area contributed by atoms with Gasteiger partial charge in [0.2, 0.25) is 5.95 Å². The molecule has 0 radical (unpaired) electrons. The molecule has 0 saturated carbocycles. The lowest BCUT2D eigenvalue weighted by molar-refractivity contribution is 0.995. The molecule has 10 aromatic rings. The van der Waals surface area contributed by atoms with E-state index in [0.29, 0.717) is 5.95 Å². The van der Waals surface area contributed by atoms with Crippen molar-refractivity contribution in [1.29, 1.82) is 0 Å². The highest BCUT2D eigenvalue weighted by molar-refractivity contribution is 7.67. The summed E-state index contributed by atoms with van der Waals surface area (Å²) in [6, 6.07) is 63.4. The summed E-state index contributed by atoms with van der Waals surface area (Å²) in [5.74, 6) is 0.660. The van der Waals surface area contributed by atoms with Gasteiger partial charge < -0.3 is 0 Å². The van der Waals surface area contributed by atoms with E-state index >= 15 is 0 Å². The average molecular weight is 670 g/mol. The van der Waals surface area contributed by atoms with Crippen LogP contribution in [-0.4, -0.2) is 14.5 Å². The van der Waals surface area contributed by atoms with Crippen molar-refractivity contribution in [3.05, 3.63) is 181 Å². The van der Waals surface area contributed by atoms with Gasteiger partial charge in [-0.1, -0.05) is 147 Å². The van der Waals surface area contributed by atoms with E-state index in [0.717, 1.165) is 33.5 Å². The summed E-state index contributed by atoms with van der Waals surface area (Å²) in [5.41, 5.74) is 9.80. The van der Waals surface area contributed by atoms with Gasteiger partial charge in [0.25, 0.3) is 0 Å². The van der Waals surface area contributed by atoms with E-state index < -0.39 is 7.53 Å². The molecular formula is C47H32N3P. The van der Waals surface area contributed by atoms with Crippen LogP contribution in [0.3, 0.4) is 0 Å². The van der Waals surface area contributed by atoms with Crippen LogP contribution in [0.25, 0.3) is 87.7 Å². The van der Waals surface area contributed by atoms with Crippen molar-refractivity contribution in [1.82, 2.24) is 14.5 Å². The number of hydrogen-bond acceptors (Lipinski definition) is 2. The number of rotatable bonds is 5. The fourth-order valence-electron chi connectivity index (χ4n) is 7.61. The zero-order valence-electron chi connectivity index (χ0n) is 28.0. The second kappa shape index (κ2) is 11.9. The second-order valence-corrected chi connectivity index (χ2v) is 15.3. The van der Waals surface area contributed by atoms with Gasteiger partial charge in [-0.2, -0.15) is 0 Å². The standard InChI is InChI=1S/C47H32N3P/c1-31-13-12-18-36(27-31)51-45-22-11-9-20-38(45)40-29-35(24-26-46(40)51)34-23-25-44-39(28-34)37-19-8-10-21-43(37)50(44)47-48-41(32-14-4-2-5-15-32)30-42(49-47)33-16-6-3-7-17-33/h2-30H,1H3. The molecule has 51 heavy (non-hydrogen) atoms. The Morgan fingerprint density at radius 2 is 1.00 bits per heavy atom. The van der Waals surface area contributed by atoms with Gasteiger partial charge in [0, 0.05) is 32.1 Å². The van der Waals surface area contributed by atoms with E-state index in [2.05, 4.69) is 175 Å². The first-order valence-electron chi connectivity index (χ1n) is 17.3. The molecule has 0 aliphatic carbocycles. The molecule has 10 rings (SSSR count). The lowest BCUT2D eigenvalue weighted by atomic mass is 10.0. The van der Waals surface area contributed by atoms with E-state index in [1.54, 1.807) is 0 Å². The maximum Gasteiger partial charge on any atom is 0.235 e. The number of fused-ring (bicyclic) bond motifs is 6. The van der Waals surface area contributed by atoms with Crippen LogP contribution in [0.1, 0.15) is 5.56 Å². The van der Waals surface area contributed by atoms with Crippen molar-refractivity contribution in [3.8, 4) is 44.9 Å². The van der Waals surface area contributed by atoms with Crippen LogP contribution in [0.5, 0.6) is 0 Å². The molecule has 240 valence electrons. The molecule has 0 saturated heterocycles. The van der Waals surface area contributed by atoms with Crippen molar-refractivity contribution in [2.75, 3.05) is 0 Å². The Balaban J connectivity index is 1.17. The van der Waals surface area contributed by atoms with Crippen molar-refractivity contribution in [2.24, 2.45) is 0 Å². The molecule has 0 amide bonds. The number of para-hydroxylation sites is 1. The highest BCUT2D eigenvalue weighted by Crippen LogP contribution is 2.55. The Hall–Kier alpha value is -6.28. The lowest BCUT2D eigenvalue weighted by Gasteiger charge is -2.12. The third-order valence-electron chi connectivity index (χ3n) is 9.99. The van der Waals surface area contributed by atoms with Gasteiger partial charge in [-0.3, -0.25) is 4.57 Å². The second-order valence-electron chi connectivity index (χ2n) is 13.2. The van der Waals surface area contributed by atoms with Crippen LogP contribution >= 0.6 is 7.53 Å². The van der Waals surface area contributed by atoms with Crippen molar-refractivity contribution < 1.29 is 0 Å². The Morgan fingerprint density at radius 3 is 1.73 bits per heavy atom. The van der Waals surface area contributed by atoms with Gasteiger partial charge in [-0.05, 0) is 76.6 Å². The Bertz CT molecular complexity index is 2860. The zero-order chi connectivity index (χ0) is 33.9. The van der Waals surface area contributed by atoms with Crippen LogP contribution in [0.15, 0.2) is 176 Å². The van der Waals surface area contributed by atoms with Crippen molar-refractivity contribution in [2.45, 2.75) is 6.92 Å². The first-order chi connectivity index (χ1) is 25.2. The molecule has 0 aliphatic heterocycles. The van der Waals surface area contributed by atoms with E-state index in [9.17, 15) is 0 Å². The molecule has 7 aromatic carbocycles. The smallest absolute Gasteiger partial charge is 0.235 e. The molecule has 3 aromatic heterocycles. The molecule has 0 aliphatic rings. The number of nitrogens with zero attached hydrogens (tertiary/aromatic N) is 3. The van der Waals surface area contributed by atoms with Gasteiger partial charge in [0.15, 0.2) is 0 Å². The molecule has 0 N–H and O–H groups in total. The van der Waals surface area contributed by atoms with Crippen LogP contribution in [0.2, 0.25) is 0 Å². The lowest BCUT2D eigenvalue weighted by Crippen LogP contribution is -2.03. The van der Waals surface area contributed by atoms with Crippen molar-refractivity contribution >= 4 is 50.3 Å². The Labute approximate surface area is 297 Å². The van der Waals surface area contributed by atoms with Crippen molar-refractivity contribution in [3.63, 3.8) is 0 Å². The van der Waals surface area contributed by atoms with Crippen LogP contribution in [0.4, 0.5) is 0 Å².